The van der Waals surface area contributed by atoms with E-state index in [4.69, 9.17) is 0 Å². The molecule has 1 heterocycles. The number of aromatic nitrogens is 1. The highest BCUT2D eigenvalue weighted by molar-refractivity contribution is 9.10. The summed E-state index contributed by atoms with van der Waals surface area (Å²) in [5, 5.41) is 11.6. The molecule has 2 aromatic rings. The van der Waals surface area contributed by atoms with Gasteiger partial charge in [-0.2, -0.15) is 0 Å². The number of non-ortho nitro benzene ring substituents is 1. The van der Waals surface area contributed by atoms with E-state index in [0.717, 1.165) is 0 Å². The van der Waals surface area contributed by atoms with E-state index in [1.807, 2.05) is 0 Å². The summed E-state index contributed by atoms with van der Waals surface area (Å²) in [5.74, 6) is -0.250. The van der Waals surface area contributed by atoms with Gasteiger partial charge in [0.05, 0.1) is 4.92 Å². The van der Waals surface area contributed by atoms with Crippen molar-refractivity contribution < 1.29 is 9.72 Å². The lowest BCUT2D eigenvalue weighted by Crippen LogP contribution is -2.05. The Kier molecular flexibility index (Phi) is 2.51. The molecule has 0 spiro atoms. The number of rotatable bonds is 1. The monoisotopic (exact) mass is 282 g/mol. The van der Waals surface area contributed by atoms with E-state index < -0.39 is 4.92 Å². The Balaban J connectivity index is 2.90. The van der Waals surface area contributed by atoms with Gasteiger partial charge in [0.1, 0.15) is 5.52 Å². The molecule has 0 amide bonds. The summed E-state index contributed by atoms with van der Waals surface area (Å²) < 4.78 is 1.90. The number of carbonyl (C=O) groups is 1. The van der Waals surface area contributed by atoms with E-state index in [-0.39, 0.29) is 11.6 Å². The zero-order chi connectivity index (χ0) is 11.9. The third kappa shape index (κ3) is 1.61. The number of halogens is 1. The molecule has 0 aliphatic heterocycles. The molecule has 0 aliphatic carbocycles. The van der Waals surface area contributed by atoms with Crippen molar-refractivity contribution in [2.45, 2.75) is 6.92 Å². The van der Waals surface area contributed by atoms with E-state index in [2.05, 4.69) is 15.9 Å². The Morgan fingerprint density at radius 1 is 1.50 bits per heavy atom. The van der Waals surface area contributed by atoms with Crippen LogP contribution in [0.3, 0.4) is 0 Å². The topological polar surface area (TPSA) is 65.1 Å². The van der Waals surface area contributed by atoms with Crippen molar-refractivity contribution in [3.8, 4) is 0 Å². The van der Waals surface area contributed by atoms with Crippen LogP contribution in [-0.2, 0) is 0 Å². The van der Waals surface area contributed by atoms with Gasteiger partial charge in [0.2, 0.25) is 5.91 Å². The van der Waals surface area contributed by atoms with Crippen LogP contribution in [0.5, 0.6) is 0 Å². The van der Waals surface area contributed by atoms with Crippen LogP contribution in [0.1, 0.15) is 11.7 Å². The summed E-state index contributed by atoms with van der Waals surface area (Å²) in [4.78, 5) is 21.7. The first-order valence-electron chi connectivity index (χ1n) is 4.46. The molecule has 0 radical (unpaired) electrons. The van der Waals surface area contributed by atoms with Gasteiger partial charge in [0.25, 0.3) is 5.69 Å². The molecule has 2 rings (SSSR count). The molecule has 5 nitrogen and oxygen atoms in total. The Morgan fingerprint density at radius 3 is 2.75 bits per heavy atom. The highest BCUT2D eigenvalue weighted by Gasteiger charge is 2.18. The maximum absolute atomic E-state index is 11.3. The number of hydrogen-bond donors (Lipinski definition) is 0. The Bertz CT molecular complexity index is 603. The van der Waals surface area contributed by atoms with Gasteiger partial charge in [0, 0.05) is 29.0 Å². The van der Waals surface area contributed by atoms with Crippen LogP contribution in [0, 0.1) is 10.1 Å². The van der Waals surface area contributed by atoms with Gasteiger partial charge in [-0.15, -0.1) is 0 Å². The fourth-order valence-corrected chi connectivity index (χ4v) is 2.09. The van der Waals surface area contributed by atoms with Gasteiger partial charge in [-0.1, -0.05) is 15.9 Å². The van der Waals surface area contributed by atoms with Crippen LogP contribution < -0.4 is 0 Å². The van der Waals surface area contributed by atoms with E-state index in [9.17, 15) is 14.9 Å². The third-order valence-electron chi connectivity index (χ3n) is 2.26. The first-order chi connectivity index (χ1) is 7.50. The molecule has 0 atom stereocenters. The first kappa shape index (κ1) is 10.8. The molecule has 1 aromatic heterocycles. The number of nitro groups is 1. The molecule has 1 aromatic carbocycles. The summed E-state index contributed by atoms with van der Waals surface area (Å²) in [6, 6.07) is 4.80. The van der Waals surface area contributed by atoms with Gasteiger partial charge < -0.3 is 0 Å². The summed E-state index contributed by atoms with van der Waals surface area (Å²) >= 11 is 3.20. The predicted octanol–water partition coefficient (Wildman–Crippen LogP) is 2.97. The largest absolute Gasteiger partial charge is 0.295 e. The lowest BCUT2D eigenvalue weighted by Gasteiger charge is -2.01. The van der Waals surface area contributed by atoms with Gasteiger partial charge in [-0.3, -0.25) is 19.5 Å². The van der Waals surface area contributed by atoms with E-state index in [1.54, 1.807) is 12.1 Å². The van der Waals surface area contributed by atoms with Gasteiger partial charge >= 0.3 is 0 Å². The second-order valence-electron chi connectivity index (χ2n) is 3.32. The number of carbonyl (C=O) groups excluding carboxylic acids is 1. The van der Waals surface area contributed by atoms with E-state index in [0.29, 0.717) is 15.4 Å². The minimum Gasteiger partial charge on any atom is -0.281 e. The SMILES string of the molecule is CC(=O)n1ccc2cc(Br)cc([N+](=O)[O-])c21. The molecule has 82 valence electrons. The smallest absolute Gasteiger partial charge is 0.281 e. The van der Waals surface area contributed by atoms with Gasteiger partial charge in [-0.25, -0.2) is 0 Å². The Morgan fingerprint density at radius 2 is 2.19 bits per heavy atom. The molecular weight excluding hydrogens is 276 g/mol. The molecule has 0 saturated heterocycles. The molecule has 0 fully saturated rings. The number of nitro benzene ring substituents is 1. The molecule has 0 N–H and O–H groups in total. The van der Waals surface area contributed by atoms with E-state index >= 15 is 0 Å². The van der Waals surface area contributed by atoms with Crippen molar-refractivity contribution in [2.24, 2.45) is 0 Å². The zero-order valence-corrected chi connectivity index (χ0v) is 9.89. The summed E-state index contributed by atoms with van der Waals surface area (Å²) in [5.41, 5.74) is 0.255. The average molecular weight is 283 g/mol. The van der Waals surface area contributed by atoms with Crippen LogP contribution in [0.15, 0.2) is 28.9 Å². The maximum Gasteiger partial charge on any atom is 0.295 e. The molecule has 0 saturated carbocycles. The summed E-state index contributed by atoms with van der Waals surface area (Å²) in [6.45, 7) is 1.37. The normalized spacial score (nSPS) is 10.6. The fraction of sp³-hybridized carbons (Fsp3) is 0.100. The number of benzene rings is 1. The van der Waals surface area contributed by atoms with Crippen LogP contribution in [0.4, 0.5) is 5.69 Å². The lowest BCUT2D eigenvalue weighted by molar-refractivity contribution is -0.383. The number of hydrogen-bond acceptors (Lipinski definition) is 3. The molecule has 6 heteroatoms. The second kappa shape index (κ2) is 3.71. The lowest BCUT2D eigenvalue weighted by atomic mass is 10.2. The number of fused-ring (bicyclic) bond motifs is 1. The van der Waals surface area contributed by atoms with Crippen molar-refractivity contribution in [3.63, 3.8) is 0 Å². The summed E-state index contributed by atoms with van der Waals surface area (Å²) in [6.07, 6.45) is 1.53. The van der Waals surface area contributed by atoms with Crippen LogP contribution in [0.25, 0.3) is 10.9 Å². The summed E-state index contributed by atoms with van der Waals surface area (Å²) in [7, 11) is 0. The highest BCUT2D eigenvalue weighted by atomic mass is 79.9. The van der Waals surface area contributed by atoms with Crippen molar-refractivity contribution in [1.82, 2.24) is 4.57 Å². The minimum absolute atomic E-state index is 0.0791. The van der Waals surface area contributed by atoms with Crippen molar-refractivity contribution in [3.05, 3.63) is 39.0 Å². The van der Waals surface area contributed by atoms with Crippen LogP contribution in [0.2, 0.25) is 0 Å². The van der Waals surface area contributed by atoms with Crippen molar-refractivity contribution >= 4 is 38.4 Å². The van der Waals surface area contributed by atoms with Crippen molar-refractivity contribution in [1.29, 1.82) is 0 Å². The standard InChI is InChI=1S/C10H7BrN2O3/c1-6(14)12-3-2-7-4-8(11)5-9(10(7)12)13(15)16/h2-5H,1H3. The average Bonchev–Trinajstić information content (AvgIpc) is 2.59. The molecule has 0 bridgehead atoms. The van der Waals surface area contributed by atoms with Gasteiger partial charge in [-0.05, 0) is 12.1 Å². The third-order valence-corrected chi connectivity index (χ3v) is 2.72. The minimum atomic E-state index is -0.494. The molecule has 16 heavy (non-hydrogen) atoms. The first-order valence-corrected chi connectivity index (χ1v) is 5.26. The molecular formula is C10H7BrN2O3. The Hall–Kier alpha value is -1.69. The predicted molar refractivity (Wildman–Crippen MR) is 62.6 cm³/mol. The Labute approximate surface area is 98.9 Å². The van der Waals surface area contributed by atoms with Crippen LogP contribution >= 0.6 is 15.9 Å². The maximum atomic E-state index is 11.3. The van der Waals surface area contributed by atoms with Gasteiger partial charge in [0.15, 0.2) is 0 Å². The molecule has 0 unspecified atom stereocenters. The second-order valence-corrected chi connectivity index (χ2v) is 4.24. The fourth-order valence-electron chi connectivity index (χ4n) is 1.63. The molecule has 0 aliphatic rings. The number of nitrogens with zero attached hydrogens (tertiary/aromatic N) is 2. The van der Waals surface area contributed by atoms with Crippen molar-refractivity contribution in [2.75, 3.05) is 0 Å². The van der Waals surface area contributed by atoms with E-state index in [1.165, 1.54) is 23.8 Å². The highest BCUT2D eigenvalue weighted by Crippen LogP contribution is 2.30. The van der Waals surface area contributed by atoms with Crippen LogP contribution in [-0.4, -0.2) is 15.4 Å². The zero-order valence-electron chi connectivity index (χ0n) is 8.31. The quantitative estimate of drug-likeness (QED) is 0.597.